The van der Waals surface area contributed by atoms with Gasteiger partial charge >= 0.3 is 0 Å². The lowest BCUT2D eigenvalue weighted by molar-refractivity contribution is -0.345. The van der Waals surface area contributed by atoms with Crippen LogP contribution in [0.4, 0.5) is 0 Å². The third-order valence-electron chi connectivity index (χ3n) is 4.44. The maximum atomic E-state index is 10.2. The van der Waals surface area contributed by atoms with E-state index in [1.54, 1.807) is 0 Å². The molecule has 3 rings (SSSR count). The molecule has 10 atom stereocenters. The third-order valence-corrected chi connectivity index (χ3v) is 4.44. The molecule has 5 N–H and O–H groups in total. The molecule has 3 heterocycles. The molecule has 0 amide bonds. The SMILES string of the molecule is CO[C@H]1O[C@H](CO)[C@H](O)[C@H](O[C@@H]2O[C@@H]3CO[C@@H]([C@H]3O)[C@H]2O)[C@H]1O. The van der Waals surface area contributed by atoms with Crippen LogP contribution in [-0.4, -0.2) is 107 Å². The predicted octanol–water partition coefficient (Wildman–Crippen LogP) is -3.70. The highest BCUT2D eigenvalue weighted by Crippen LogP contribution is 2.33. The van der Waals surface area contributed by atoms with Crippen LogP contribution in [0.2, 0.25) is 0 Å². The Hall–Kier alpha value is -0.400. The Balaban J connectivity index is 1.72. The summed E-state index contributed by atoms with van der Waals surface area (Å²) < 4.78 is 26.4. The van der Waals surface area contributed by atoms with E-state index in [1.165, 1.54) is 7.11 Å². The van der Waals surface area contributed by atoms with Gasteiger partial charge in [0.25, 0.3) is 0 Å². The van der Waals surface area contributed by atoms with Crippen molar-refractivity contribution in [1.29, 1.82) is 0 Å². The molecule has 0 aromatic heterocycles. The molecule has 0 aliphatic carbocycles. The molecular weight excluding hydrogens is 316 g/mol. The number of aliphatic hydroxyl groups excluding tert-OH is 5. The first-order valence-corrected chi connectivity index (χ1v) is 7.41. The second-order valence-corrected chi connectivity index (χ2v) is 5.87. The van der Waals surface area contributed by atoms with Gasteiger partial charge in [0.1, 0.15) is 48.8 Å². The van der Waals surface area contributed by atoms with Gasteiger partial charge in [-0.15, -0.1) is 0 Å². The van der Waals surface area contributed by atoms with Crippen molar-refractivity contribution in [3.63, 3.8) is 0 Å². The Labute approximate surface area is 132 Å². The Kier molecular flexibility index (Phi) is 5.18. The monoisotopic (exact) mass is 338 g/mol. The van der Waals surface area contributed by atoms with Gasteiger partial charge in [0.15, 0.2) is 12.6 Å². The summed E-state index contributed by atoms with van der Waals surface area (Å²) in [5, 5.41) is 49.6. The Bertz CT molecular complexity index is 392. The van der Waals surface area contributed by atoms with E-state index in [1.807, 2.05) is 0 Å². The highest BCUT2D eigenvalue weighted by Gasteiger charge is 2.53. The quantitative estimate of drug-likeness (QED) is 0.347. The van der Waals surface area contributed by atoms with E-state index >= 15 is 0 Å². The van der Waals surface area contributed by atoms with Gasteiger partial charge in [0, 0.05) is 7.11 Å². The fraction of sp³-hybridized carbons (Fsp3) is 1.00. The van der Waals surface area contributed by atoms with Crippen LogP contribution in [0, 0.1) is 0 Å². The molecule has 3 saturated heterocycles. The van der Waals surface area contributed by atoms with Crippen molar-refractivity contribution in [3.8, 4) is 0 Å². The molecule has 0 saturated carbocycles. The minimum Gasteiger partial charge on any atom is -0.394 e. The summed E-state index contributed by atoms with van der Waals surface area (Å²) in [5.41, 5.74) is 0. The van der Waals surface area contributed by atoms with Crippen molar-refractivity contribution < 1.29 is 49.2 Å². The number of hydrogen-bond donors (Lipinski definition) is 5. The fourth-order valence-electron chi connectivity index (χ4n) is 3.12. The van der Waals surface area contributed by atoms with E-state index in [9.17, 15) is 25.5 Å². The normalized spacial score (nSPS) is 53.5. The van der Waals surface area contributed by atoms with Crippen molar-refractivity contribution in [3.05, 3.63) is 0 Å². The molecule has 3 fully saturated rings. The molecule has 0 radical (unpaired) electrons. The molecule has 134 valence electrons. The maximum Gasteiger partial charge on any atom is 0.187 e. The third kappa shape index (κ3) is 3.00. The second-order valence-electron chi connectivity index (χ2n) is 5.87. The Morgan fingerprint density at radius 3 is 2.35 bits per heavy atom. The molecule has 2 bridgehead atoms. The van der Waals surface area contributed by atoms with E-state index in [2.05, 4.69) is 0 Å². The molecule has 3 aliphatic rings. The summed E-state index contributed by atoms with van der Waals surface area (Å²) in [5.74, 6) is 0. The van der Waals surface area contributed by atoms with E-state index in [0.717, 1.165) is 0 Å². The molecule has 0 spiro atoms. The van der Waals surface area contributed by atoms with Crippen molar-refractivity contribution in [2.45, 2.75) is 61.4 Å². The largest absolute Gasteiger partial charge is 0.394 e. The standard InChI is InChI=1S/C13H22O10/c1-19-12-9(18)11(6(15)4(2-14)21-12)23-13-8(17)10-7(16)5(22-13)3-20-10/h4-18H,2-3H2,1H3/t4-,5-,6+,7+,8-,9-,10+,11+,12+,13+/m1/s1. The number of methoxy groups -OCH3 is 1. The topological polar surface area (TPSA) is 147 Å². The van der Waals surface area contributed by atoms with Crippen LogP contribution >= 0.6 is 0 Å². The summed E-state index contributed by atoms with van der Waals surface area (Å²) in [6, 6.07) is 0. The van der Waals surface area contributed by atoms with Crippen LogP contribution < -0.4 is 0 Å². The fourth-order valence-corrected chi connectivity index (χ4v) is 3.12. The van der Waals surface area contributed by atoms with Gasteiger partial charge in [-0.3, -0.25) is 0 Å². The molecular formula is C13H22O10. The van der Waals surface area contributed by atoms with Crippen molar-refractivity contribution in [1.82, 2.24) is 0 Å². The number of fused-ring (bicyclic) bond motifs is 2. The number of rotatable bonds is 4. The zero-order valence-electron chi connectivity index (χ0n) is 12.5. The molecule has 10 heteroatoms. The van der Waals surface area contributed by atoms with Gasteiger partial charge in [-0.1, -0.05) is 0 Å². The molecule has 3 aliphatic heterocycles. The van der Waals surface area contributed by atoms with Gasteiger partial charge in [0.2, 0.25) is 0 Å². The number of aliphatic hydroxyl groups is 5. The summed E-state index contributed by atoms with van der Waals surface area (Å²) >= 11 is 0. The second kappa shape index (κ2) is 6.84. The van der Waals surface area contributed by atoms with Crippen LogP contribution in [-0.2, 0) is 23.7 Å². The minimum absolute atomic E-state index is 0.113. The molecule has 10 nitrogen and oxygen atoms in total. The summed E-state index contributed by atoms with van der Waals surface area (Å²) in [6.07, 6.45) is -11.1. The van der Waals surface area contributed by atoms with Gasteiger partial charge < -0.3 is 49.2 Å². The Morgan fingerprint density at radius 1 is 0.957 bits per heavy atom. The highest BCUT2D eigenvalue weighted by atomic mass is 16.7. The average Bonchev–Trinajstić information content (AvgIpc) is 2.81. The molecule has 0 aromatic rings. The van der Waals surface area contributed by atoms with Crippen LogP contribution in [0.3, 0.4) is 0 Å². The van der Waals surface area contributed by atoms with Gasteiger partial charge in [-0.2, -0.15) is 0 Å². The average molecular weight is 338 g/mol. The summed E-state index contributed by atoms with van der Waals surface area (Å²) in [6.45, 7) is -0.393. The van der Waals surface area contributed by atoms with Crippen LogP contribution in [0.15, 0.2) is 0 Å². The van der Waals surface area contributed by atoms with E-state index in [0.29, 0.717) is 0 Å². The first-order valence-electron chi connectivity index (χ1n) is 7.41. The summed E-state index contributed by atoms with van der Waals surface area (Å²) in [4.78, 5) is 0. The first-order chi connectivity index (χ1) is 11.0. The zero-order valence-corrected chi connectivity index (χ0v) is 12.5. The van der Waals surface area contributed by atoms with Crippen LogP contribution in [0.1, 0.15) is 0 Å². The van der Waals surface area contributed by atoms with Crippen molar-refractivity contribution in [2.24, 2.45) is 0 Å². The van der Waals surface area contributed by atoms with Crippen molar-refractivity contribution in [2.75, 3.05) is 20.3 Å². The van der Waals surface area contributed by atoms with Gasteiger partial charge in [-0.25, -0.2) is 0 Å². The number of ether oxygens (including phenoxy) is 5. The lowest BCUT2D eigenvalue weighted by Crippen LogP contribution is -2.63. The van der Waals surface area contributed by atoms with Crippen LogP contribution in [0.25, 0.3) is 0 Å². The maximum absolute atomic E-state index is 10.2. The lowest BCUT2D eigenvalue weighted by atomic mass is 9.98. The molecule has 23 heavy (non-hydrogen) atoms. The van der Waals surface area contributed by atoms with Gasteiger partial charge in [-0.05, 0) is 0 Å². The van der Waals surface area contributed by atoms with E-state index in [-0.39, 0.29) is 6.61 Å². The van der Waals surface area contributed by atoms with Crippen molar-refractivity contribution >= 4 is 0 Å². The summed E-state index contributed by atoms with van der Waals surface area (Å²) in [7, 11) is 1.30. The molecule has 0 aromatic carbocycles. The highest BCUT2D eigenvalue weighted by molar-refractivity contribution is 4.97. The Morgan fingerprint density at radius 2 is 1.70 bits per heavy atom. The van der Waals surface area contributed by atoms with E-state index in [4.69, 9.17) is 23.7 Å². The smallest absolute Gasteiger partial charge is 0.187 e. The number of hydrogen-bond acceptors (Lipinski definition) is 10. The molecule has 0 unspecified atom stereocenters. The van der Waals surface area contributed by atoms with Crippen LogP contribution in [0.5, 0.6) is 0 Å². The zero-order chi connectivity index (χ0) is 16.7. The predicted molar refractivity (Wildman–Crippen MR) is 70.1 cm³/mol. The first kappa shape index (κ1) is 17.4. The van der Waals surface area contributed by atoms with E-state index < -0.39 is 68.0 Å². The minimum atomic E-state index is -1.36. The lowest BCUT2D eigenvalue weighted by Gasteiger charge is -2.44. The van der Waals surface area contributed by atoms with Gasteiger partial charge in [0.05, 0.1) is 13.2 Å².